The van der Waals surface area contributed by atoms with E-state index in [1.165, 1.54) is 5.56 Å². The molecule has 1 saturated heterocycles. The number of ether oxygens (including phenoxy) is 1. The van der Waals surface area contributed by atoms with Crippen molar-refractivity contribution in [1.29, 1.82) is 0 Å². The number of likely N-dealkylation sites (tertiary alicyclic amines) is 1. The molecule has 2 aliphatic rings. The summed E-state index contributed by atoms with van der Waals surface area (Å²) < 4.78 is 5.59. The monoisotopic (exact) mass is 329 g/mol. The number of nitrogens with zero attached hydrogens (tertiary/aromatic N) is 1. The third kappa shape index (κ3) is 4.74. The van der Waals surface area contributed by atoms with Crippen molar-refractivity contribution in [3.05, 3.63) is 42.2 Å². The van der Waals surface area contributed by atoms with Gasteiger partial charge in [0, 0.05) is 18.2 Å². The van der Waals surface area contributed by atoms with Crippen LogP contribution in [0.25, 0.3) is 0 Å². The normalized spacial score (nSPS) is 22.1. The number of carbonyl (C=O) groups excluding carboxylic acids is 1. The van der Waals surface area contributed by atoms with Gasteiger partial charge in [-0.1, -0.05) is 12.1 Å². The zero-order valence-electron chi connectivity index (χ0n) is 14.1. The van der Waals surface area contributed by atoms with Crippen LogP contribution in [0.5, 0.6) is 0 Å². The highest BCUT2D eigenvalue weighted by molar-refractivity contribution is 5.76. The second kappa shape index (κ2) is 8.20. The Hall–Kier alpha value is -2.01. The molecular weight excluding hydrogens is 302 g/mol. The molecule has 0 unspecified atom stereocenters. The third-order valence-corrected chi connectivity index (χ3v) is 4.88. The summed E-state index contributed by atoms with van der Waals surface area (Å²) in [6.07, 6.45) is 8.04. The predicted octanol–water partition coefficient (Wildman–Crippen LogP) is 2.49. The van der Waals surface area contributed by atoms with E-state index in [2.05, 4.69) is 40.6 Å². The Morgan fingerprint density at radius 2 is 2.12 bits per heavy atom. The van der Waals surface area contributed by atoms with E-state index < -0.39 is 0 Å². The van der Waals surface area contributed by atoms with E-state index in [0.29, 0.717) is 0 Å². The first kappa shape index (κ1) is 16.8. The summed E-state index contributed by atoms with van der Waals surface area (Å²) in [5.41, 5.74) is 7.83. The van der Waals surface area contributed by atoms with Gasteiger partial charge in [-0.25, -0.2) is 0 Å². The van der Waals surface area contributed by atoms with Gasteiger partial charge in [0.25, 0.3) is 0 Å². The number of carbonyl (C=O) groups is 1. The SMILES string of the molecule is NC(=O)C1CCN(Cc2cccc(NC[C@@H]3CCC=CO3)c2)CC1. The zero-order valence-corrected chi connectivity index (χ0v) is 14.1. The van der Waals surface area contributed by atoms with Crippen LogP contribution in [-0.2, 0) is 16.1 Å². The minimum absolute atomic E-state index is 0.0544. The van der Waals surface area contributed by atoms with Gasteiger partial charge in [-0.15, -0.1) is 0 Å². The van der Waals surface area contributed by atoms with Crippen molar-refractivity contribution in [2.45, 2.75) is 38.3 Å². The number of nitrogens with two attached hydrogens (primary N) is 1. The molecule has 0 spiro atoms. The molecule has 2 heterocycles. The van der Waals surface area contributed by atoms with Crippen molar-refractivity contribution in [1.82, 2.24) is 4.90 Å². The predicted molar refractivity (Wildman–Crippen MR) is 95.4 cm³/mol. The smallest absolute Gasteiger partial charge is 0.220 e. The molecule has 5 nitrogen and oxygen atoms in total. The van der Waals surface area contributed by atoms with Crippen LogP contribution in [-0.4, -0.2) is 36.5 Å². The van der Waals surface area contributed by atoms with Crippen molar-refractivity contribution in [3.8, 4) is 0 Å². The van der Waals surface area contributed by atoms with Crippen LogP contribution in [0.3, 0.4) is 0 Å². The molecule has 130 valence electrons. The van der Waals surface area contributed by atoms with Crippen LogP contribution < -0.4 is 11.1 Å². The number of hydrogen-bond acceptors (Lipinski definition) is 4. The maximum atomic E-state index is 11.2. The van der Waals surface area contributed by atoms with Crippen molar-refractivity contribution in [3.63, 3.8) is 0 Å². The van der Waals surface area contributed by atoms with Gasteiger partial charge in [-0.05, 0) is 62.5 Å². The number of piperidine rings is 1. The highest BCUT2D eigenvalue weighted by atomic mass is 16.5. The van der Waals surface area contributed by atoms with E-state index in [1.54, 1.807) is 0 Å². The number of rotatable bonds is 6. The highest BCUT2D eigenvalue weighted by Crippen LogP contribution is 2.20. The number of amides is 1. The molecule has 3 N–H and O–H groups in total. The van der Waals surface area contributed by atoms with Crippen LogP contribution in [0.1, 0.15) is 31.2 Å². The molecule has 1 fully saturated rings. The molecule has 0 radical (unpaired) electrons. The van der Waals surface area contributed by atoms with Gasteiger partial charge < -0.3 is 15.8 Å². The maximum absolute atomic E-state index is 11.2. The summed E-state index contributed by atoms with van der Waals surface area (Å²) in [6, 6.07) is 8.56. The molecule has 0 aliphatic carbocycles. The second-order valence-corrected chi connectivity index (χ2v) is 6.74. The van der Waals surface area contributed by atoms with E-state index in [4.69, 9.17) is 10.5 Å². The van der Waals surface area contributed by atoms with Crippen molar-refractivity contribution in [2.24, 2.45) is 11.7 Å². The average molecular weight is 329 g/mol. The Bertz CT molecular complexity index is 580. The van der Waals surface area contributed by atoms with Crippen LogP contribution in [0.15, 0.2) is 36.6 Å². The third-order valence-electron chi connectivity index (χ3n) is 4.88. The van der Waals surface area contributed by atoms with Crippen molar-refractivity contribution in [2.75, 3.05) is 25.0 Å². The molecule has 1 aromatic carbocycles. The number of allylic oxidation sites excluding steroid dienone is 1. The molecule has 0 bridgehead atoms. The van der Waals surface area contributed by atoms with Crippen LogP contribution in [0.4, 0.5) is 5.69 Å². The van der Waals surface area contributed by atoms with Crippen LogP contribution in [0, 0.1) is 5.92 Å². The summed E-state index contributed by atoms with van der Waals surface area (Å²) in [5, 5.41) is 3.48. The van der Waals surface area contributed by atoms with E-state index in [9.17, 15) is 4.79 Å². The Kier molecular flexibility index (Phi) is 5.75. The van der Waals surface area contributed by atoms with Gasteiger partial charge in [-0.2, -0.15) is 0 Å². The lowest BCUT2D eigenvalue weighted by Gasteiger charge is -2.30. The first-order chi connectivity index (χ1) is 11.7. The lowest BCUT2D eigenvalue weighted by Crippen LogP contribution is -2.38. The maximum Gasteiger partial charge on any atom is 0.220 e. The Morgan fingerprint density at radius 3 is 2.83 bits per heavy atom. The van der Waals surface area contributed by atoms with E-state index in [1.807, 2.05) is 6.26 Å². The number of primary amides is 1. The van der Waals surface area contributed by atoms with Crippen LogP contribution >= 0.6 is 0 Å². The van der Waals surface area contributed by atoms with Gasteiger partial charge in [0.15, 0.2) is 0 Å². The number of benzene rings is 1. The van der Waals surface area contributed by atoms with E-state index in [-0.39, 0.29) is 17.9 Å². The summed E-state index contributed by atoms with van der Waals surface area (Å²) in [6.45, 7) is 3.63. The minimum Gasteiger partial charge on any atom is -0.497 e. The van der Waals surface area contributed by atoms with Crippen molar-refractivity contribution < 1.29 is 9.53 Å². The minimum atomic E-state index is -0.152. The lowest BCUT2D eigenvalue weighted by molar-refractivity contribution is -0.123. The fraction of sp³-hybridized carbons (Fsp3) is 0.526. The highest BCUT2D eigenvalue weighted by Gasteiger charge is 2.22. The molecule has 1 aromatic rings. The topological polar surface area (TPSA) is 67.6 Å². The number of anilines is 1. The Morgan fingerprint density at radius 1 is 1.29 bits per heavy atom. The first-order valence-electron chi connectivity index (χ1n) is 8.85. The lowest BCUT2D eigenvalue weighted by atomic mass is 9.96. The Balaban J connectivity index is 1.48. The summed E-state index contributed by atoms with van der Waals surface area (Å²) in [7, 11) is 0. The van der Waals surface area contributed by atoms with Gasteiger partial charge in [0.1, 0.15) is 6.10 Å². The van der Waals surface area contributed by atoms with Crippen LogP contribution in [0.2, 0.25) is 0 Å². The number of hydrogen-bond donors (Lipinski definition) is 2. The van der Waals surface area contributed by atoms with E-state index in [0.717, 1.165) is 57.5 Å². The molecular formula is C19H27N3O2. The molecule has 0 saturated carbocycles. The standard InChI is InChI=1S/C19H27N3O2/c20-19(23)16-7-9-22(10-8-16)14-15-4-3-5-17(12-15)21-13-18-6-1-2-11-24-18/h2-5,11-12,16,18,21H,1,6-10,13-14H2,(H2,20,23)/t18-/m0/s1. The average Bonchev–Trinajstić information content (AvgIpc) is 2.62. The van der Waals surface area contributed by atoms with E-state index >= 15 is 0 Å². The summed E-state index contributed by atoms with van der Waals surface area (Å²) >= 11 is 0. The molecule has 2 aliphatic heterocycles. The number of nitrogens with one attached hydrogen (secondary N) is 1. The molecule has 1 amide bonds. The molecule has 3 rings (SSSR count). The second-order valence-electron chi connectivity index (χ2n) is 6.74. The molecule has 1 atom stereocenters. The van der Waals surface area contributed by atoms with Gasteiger partial charge >= 0.3 is 0 Å². The fourth-order valence-corrected chi connectivity index (χ4v) is 3.38. The zero-order chi connectivity index (χ0) is 16.8. The van der Waals surface area contributed by atoms with Gasteiger partial charge in [-0.3, -0.25) is 9.69 Å². The first-order valence-corrected chi connectivity index (χ1v) is 8.85. The summed E-state index contributed by atoms with van der Waals surface area (Å²) in [5.74, 6) is -0.0978. The molecule has 5 heteroatoms. The van der Waals surface area contributed by atoms with Gasteiger partial charge in [0.05, 0.1) is 12.8 Å². The molecule has 24 heavy (non-hydrogen) atoms. The fourth-order valence-electron chi connectivity index (χ4n) is 3.38. The van der Waals surface area contributed by atoms with Gasteiger partial charge in [0.2, 0.25) is 5.91 Å². The Labute approximate surface area is 143 Å². The quantitative estimate of drug-likeness (QED) is 0.841. The summed E-state index contributed by atoms with van der Waals surface area (Å²) in [4.78, 5) is 13.6. The van der Waals surface area contributed by atoms with Crippen molar-refractivity contribution >= 4 is 11.6 Å². The molecule has 0 aromatic heterocycles. The largest absolute Gasteiger partial charge is 0.497 e.